The number of hydrogen-bond acceptors (Lipinski definition) is 2. The van der Waals surface area contributed by atoms with Crippen LogP contribution in [0.15, 0.2) is 30.3 Å². The summed E-state index contributed by atoms with van der Waals surface area (Å²) in [6.45, 7) is 5.98. The summed E-state index contributed by atoms with van der Waals surface area (Å²) in [5, 5.41) is 9.31. The molecule has 0 fully saturated rings. The number of rotatable bonds is 3. The van der Waals surface area contributed by atoms with Crippen molar-refractivity contribution in [3.8, 4) is 0 Å². The van der Waals surface area contributed by atoms with E-state index in [0.29, 0.717) is 0 Å². The third-order valence-corrected chi connectivity index (χ3v) is 3.17. The first kappa shape index (κ1) is 11.2. The molecule has 0 radical (unpaired) electrons. The van der Waals surface area contributed by atoms with Gasteiger partial charge in [0.05, 0.1) is 6.61 Å². The first-order valence-electron chi connectivity index (χ1n) is 4.87. The van der Waals surface area contributed by atoms with Crippen LogP contribution in [0.4, 0.5) is 0 Å². The van der Waals surface area contributed by atoms with Crippen molar-refractivity contribution < 1.29 is 5.11 Å². The highest BCUT2D eigenvalue weighted by Crippen LogP contribution is 2.36. The third-order valence-electron chi connectivity index (χ3n) is 3.17. The molecule has 3 N–H and O–H groups in total. The van der Waals surface area contributed by atoms with Gasteiger partial charge in [-0.25, -0.2) is 0 Å². The van der Waals surface area contributed by atoms with E-state index in [1.807, 2.05) is 51.1 Å². The molecule has 0 aliphatic heterocycles. The SMILES string of the molecule is CC(C)(CO)[C@](C)(N)c1ccccc1. The van der Waals surface area contributed by atoms with Crippen LogP contribution in [0.5, 0.6) is 0 Å². The maximum atomic E-state index is 9.31. The molecule has 0 heterocycles. The number of aliphatic hydroxyl groups excluding tert-OH is 1. The first-order chi connectivity index (χ1) is 6.42. The van der Waals surface area contributed by atoms with Crippen LogP contribution in [0.2, 0.25) is 0 Å². The molecule has 14 heavy (non-hydrogen) atoms. The quantitative estimate of drug-likeness (QED) is 0.770. The Labute approximate surface area is 85.8 Å². The average Bonchev–Trinajstić information content (AvgIpc) is 2.19. The average molecular weight is 193 g/mol. The smallest absolute Gasteiger partial charge is 0.0502 e. The summed E-state index contributed by atoms with van der Waals surface area (Å²) in [5.41, 5.74) is 6.49. The highest BCUT2D eigenvalue weighted by molar-refractivity contribution is 5.25. The van der Waals surface area contributed by atoms with Gasteiger partial charge in [0.15, 0.2) is 0 Å². The molecule has 2 nitrogen and oxygen atoms in total. The lowest BCUT2D eigenvalue weighted by molar-refractivity contribution is 0.0811. The van der Waals surface area contributed by atoms with E-state index in [9.17, 15) is 5.11 Å². The molecule has 1 aromatic carbocycles. The fraction of sp³-hybridized carbons (Fsp3) is 0.500. The standard InChI is InChI=1S/C12H19NO/c1-11(2,9-14)12(3,13)10-7-5-4-6-8-10/h4-8,14H,9,13H2,1-3H3/t12-/m1/s1. The predicted molar refractivity (Wildman–Crippen MR) is 58.8 cm³/mol. The van der Waals surface area contributed by atoms with Crippen molar-refractivity contribution in [1.82, 2.24) is 0 Å². The van der Waals surface area contributed by atoms with E-state index in [2.05, 4.69) is 0 Å². The van der Waals surface area contributed by atoms with Crippen molar-refractivity contribution in [1.29, 1.82) is 0 Å². The lowest BCUT2D eigenvalue weighted by Crippen LogP contribution is -2.49. The van der Waals surface area contributed by atoms with Crippen LogP contribution in [0.1, 0.15) is 26.3 Å². The lowest BCUT2D eigenvalue weighted by atomic mass is 9.70. The van der Waals surface area contributed by atoms with Gasteiger partial charge in [-0.05, 0) is 12.5 Å². The molecule has 0 bridgehead atoms. The maximum Gasteiger partial charge on any atom is 0.0502 e. The molecule has 0 unspecified atom stereocenters. The molecule has 0 spiro atoms. The zero-order valence-electron chi connectivity index (χ0n) is 9.12. The van der Waals surface area contributed by atoms with Crippen molar-refractivity contribution in [2.45, 2.75) is 26.3 Å². The molecule has 0 aliphatic rings. The summed E-state index contributed by atoms with van der Waals surface area (Å²) in [5.74, 6) is 0. The minimum absolute atomic E-state index is 0.0783. The van der Waals surface area contributed by atoms with E-state index < -0.39 is 5.54 Å². The van der Waals surface area contributed by atoms with Crippen LogP contribution >= 0.6 is 0 Å². The van der Waals surface area contributed by atoms with Crippen LogP contribution in [-0.4, -0.2) is 11.7 Å². The minimum atomic E-state index is -0.511. The van der Waals surface area contributed by atoms with Gasteiger partial charge in [0.2, 0.25) is 0 Å². The molecular weight excluding hydrogens is 174 g/mol. The molecular formula is C12H19NO. The number of nitrogens with two attached hydrogens (primary N) is 1. The van der Waals surface area contributed by atoms with Gasteiger partial charge >= 0.3 is 0 Å². The van der Waals surface area contributed by atoms with Crippen molar-refractivity contribution >= 4 is 0 Å². The molecule has 1 aromatic rings. The Hall–Kier alpha value is -0.860. The topological polar surface area (TPSA) is 46.2 Å². The molecule has 1 atom stereocenters. The Kier molecular flexibility index (Phi) is 2.98. The third kappa shape index (κ3) is 1.81. The first-order valence-corrected chi connectivity index (χ1v) is 4.87. The van der Waals surface area contributed by atoms with Crippen LogP contribution in [0.25, 0.3) is 0 Å². The molecule has 1 rings (SSSR count). The lowest BCUT2D eigenvalue weighted by Gasteiger charge is -2.40. The number of benzene rings is 1. The summed E-state index contributed by atoms with van der Waals surface area (Å²) in [6, 6.07) is 9.89. The van der Waals surface area contributed by atoms with Crippen LogP contribution in [0, 0.1) is 5.41 Å². The van der Waals surface area contributed by atoms with E-state index in [-0.39, 0.29) is 12.0 Å². The summed E-state index contributed by atoms with van der Waals surface area (Å²) < 4.78 is 0. The van der Waals surface area contributed by atoms with Gasteiger partial charge in [0.1, 0.15) is 0 Å². The summed E-state index contributed by atoms with van der Waals surface area (Å²) in [4.78, 5) is 0. The molecule has 0 saturated carbocycles. The highest BCUT2D eigenvalue weighted by Gasteiger charge is 2.38. The van der Waals surface area contributed by atoms with Gasteiger partial charge in [-0.3, -0.25) is 0 Å². The number of aliphatic hydroxyl groups is 1. The predicted octanol–water partition coefficient (Wildman–Crippen LogP) is 1.88. The minimum Gasteiger partial charge on any atom is -0.396 e. The van der Waals surface area contributed by atoms with Crippen molar-refractivity contribution in [2.75, 3.05) is 6.61 Å². The normalized spacial score (nSPS) is 16.4. The van der Waals surface area contributed by atoms with E-state index in [4.69, 9.17) is 5.73 Å². The van der Waals surface area contributed by atoms with Crippen molar-refractivity contribution in [3.05, 3.63) is 35.9 Å². The Morgan fingerprint density at radius 2 is 1.64 bits per heavy atom. The number of hydrogen-bond donors (Lipinski definition) is 2. The molecule has 0 saturated heterocycles. The van der Waals surface area contributed by atoms with Crippen molar-refractivity contribution in [2.24, 2.45) is 11.1 Å². The summed E-state index contributed by atoms with van der Waals surface area (Å²) in [6.07, 6.45) is 0. The van der Waals surface area contributed by atoms with Gasteiger partial charge in [-0.15, -0.1) is 0 Å². The van der Waals surface area contributed by atoms with E-state index in [1.54, 1.807) is 0 Å². The van der Waals surface area contributed by atoms with E-state index in [1.165, 1.54) is 0 Å². The summed E-state index contributed by atoms with van der Waals surface area (Å²) >= 11 is 0. The van der Waals surface area contributed by atoms with Gasteiger partial charge in [0.25, 0.3) is 0 Å². The maximum absolute atomic E-state index is 9.31. The second-order valence-corrected chi connectivity index (χ2v) is 4.61. The zero-order valence-corrected chi connectivity index (χ0v) is 9.12. The Balaban J connectivity index is 3.08. The van der Waals surface area contributed by atoms with Gasteiger partial charge < -0.3 is 10.8 Å². The fourth-order valence-corrected chi connectivity index (χ4v) is 1.34. The van der Waals surface area contributed by atoms with Crippen LogP contribution in [0.3, 0.4) is 0 Å². The highest BCUT2D eigenvalue weighted by atomic mass is 16.3. The largest absolute Gasteiger partial charge is 0.396 e. The molecule has 2 heteroatoms. The second kappa shape index (κ2) is 3.71. The van der Waals surface area contributed by atoms with Crippen LogP contribution < -0.4 is 5.73 Å². The monoisotopic (exact) mass is 193 g/mol. The fourth-order valence-electron chi connectivity index (χ4n) is 1.34. The Morgan fingerprint density at radius 1 is 1.14 bits per heavy atom. The molecule has 78 valence electrons. The summed E-state index contributed by atoms with van der Waals surface area (Å²) in [7, 11) is 0. The van der Waals surface area contributed by atoms with E-state index >= 15 is 0 Å². The zero-order chi connectivity index (χ0) is 10.8. The van der Waals surface area contributed by atoms with Gasteiger partial charge in [-0.2, -0.15) is 0 Å². The van der Waals surface area contributed by atoms with Crippen molar-refractivity contribution in [3.63, 3.8) is 0 Å². The van der Waals surface area contributed by atoms with Gasteiger partial charge in [-0.1, -0.05) is 44.2 Å². The molecule has 0 aliphatic carbocycles. The second-order valence-electron chi connectivity index (χ2n) is 4.61. The van der Waals surface area contributed by atoms with Gasteiger partial charge in [0, 0.05) is 11.0 Å². The molecule has 0 amide bonds. The molecule has 0 aromatic heterocycles. The Morgan fingerprint density at radius 3 is 2.07 bits per heavy atom. The Bertz CT molecular complexity index is 290. The van der Waals surface area contributed by atoms with E-state index in [0.717, 1.165) is 5.56 Å². The van der Waals surface area contributed by atoms with Crippen LogP contribution in [-0.2, 0) is 5.54 Å².